The van der Waals surface area contributed by atoms with Gasteiger partial charge in [0.1, 0.15) is 10.8 Å². The Morgan fingerprint density at radius 3 is 2.90 bits per heavy atom. The summed E-state index contributed by atoms with van der Waals surface area (Å²) in [4.78, 5) is 13.1. The van der Waals surface area contributed by atoms with E-state index in [0.29, 0.717) is 11.0 Å². The number of rotatable bonds is 4. The van der Waals surface area contributed by atoms with Gasteiger partial charge in [0.05, 0.1) is 5.52 Å². The lowest BCUT2D eigenvalue weighted by Crippen LogP contribution is -1.96. The van der Waals surface area contributed by atoms with Crippen LogP contribution in [0.2, 0.25) is 0 Å². The summed E-state index contributed by atoms with van der Waals surface area (Å²) in [5, 5.41) is 2.75. The summed E-state index contributed by atoms with van der Waals surface area (Å²) < 4.78 is 0. The minimum absolute atomic E-state index is 0.511. The molecule has 106 valence electrons. The summed E-state index contributed by atoms with van der Waals surface area (Å²) >= 11 is 3.15. The Morgan fingerprint density at radius 2 is 2.05 bits per heavy atom. The van der Waals surface area contributed by atoms with Crippen LogP contribution >= 0.6 is 23.5 Å². The number of hydrogen-bond acceptors (Lipinski definition) is 6. The Labute approximate surface area is 131 Å². The first kappa shape index (κ1) is 14.2. The van der Waals surface area contributed by atoms with Crippen LogP contribution in [0.25, 0.3) is 10.9 Å². The minimum Gasteiger partial charge on any atom is -0.384 e. The Kier molecular flexibility index (Phi) is 4.26. The van der Waals surface area contributed by atoms with E-state index in [4.69, 9.17) is 5.73 Å². The Morgan fingerprint density at radius 1 is 1.14 bits per heavy atom. The van der Waals surface area contributed by atoms with Gasteiger partial charge in [-0.05, 0) is 24.0 Å². The van der Waals surface area contributed by atoms with Gasteiger partial charge in [0.25, 0.3) is 0 Å². The van der Waals surface area contributed by atoms with E-state index < -0.39 is 0 Å². The molecule has 3 rings (SSSR count). The lowest BCUT2D eigenvalue weighted by Gasteiger charge is -2.05. The smallest absolute Gasteiger partial charge is 0.190 e. The predicted molar refractivity (Wildman–Crippen MR) is 89.5 cm³/mol. The lowest BCUT2D eigenvalue weighted by atomic mass is 10.1. The number of nitrogen functional groups attached to an aromatic ring is 1. The van der Waals surface area contributed by atoms with Gasteiger partial charge in [-0.2, -0.15) is 0 Å². The topological polar surface area (TPSA) is 64.7 Å². The molecule has 0 unspecified atom stereocenters. The number of anilines is 1. The van der Waals surface area contributed by atoms with E-state index in [1.807, 2.05) is 18.5 Å². The maximum absolute atomic E-state index is 5.79. The highest BCUT2D eigenvalue weighted by atomic mass is 32.2. The third-order valence-corrected chi connectivity index (χ3v) is 4.50. The van der Waals surface area contributed by atoms with Crippen LogP contribution in [-0.4, -0.2) is 21.2 Å². The third-order valence-electron chi connectivity index (χ3n) is 2.95. The summed E-state index contributed by atoms with van der Waals surface area (Å²) in [6, 6.07) is 12.1. The molecule has 0 aliphatic rings. The van der Waals surface area contributed by atoms with Crippen molar-refractivity contribution in [3.63, 3.8) is 0 Å². The fourth-order valence-corrected chi connectivity index (χ4v) is 3.22. The summed E-state index contributed by atoms with van der Waals surface area (Å²) in [5.41, 5.74) is 8.00. The fourth-order valence-electron chi connectivity index (χ4n) is 1.94. The van der Waals surface area contributed by atoms with Crippen molar-refractivity contribution >= 4 is 40.2 Å². The quantitative estimate of drug-likeness (QED) is 0.451. The third kappa shape index (κ3) is 3.46. The Bertz CT molecular complexity index is 776. The van der Waals surface area contributed by atoms with E-state index in [-0.39, 0.29) is 0 Å². The number of benzene rings is 1. The molecule has 1 aromatic carbocycles. The molecule has 2 heterocycles. The zero-order valence-electron chi connectivity index (χ0n) is 11.5. The summed E-state index contributed by atoms with van der Waals surface area (Å²) in [7, 11) is 0. The van der Waals surface area contributed by atoms with E-state index in [0.717, 1.165) is 21.7 Å². The maximum atomic E-state index is 5.79. The van der Waals surface area contributed by atoms with Gasteiger partial charge < -0.3 is 5.73 Å². The average molecular weight is 314 g/mol. The summed E-state index contributed by atoms with van der Waals surface area (Å²) in [6.07, 6.45) is 3.79. The van der Waals surface area contributed by atoms with Crippen LogP contribution < -0.4 is 5.73 Å². The number of hydrogen-bond donors (Lipinski definition) is 1. The molecule has 0 saturated heterocycles. The molecule has 0 amide bonds. The predicted octanol–water partition coefficient (Wildman–Crippen LogP) is 3.62. The maximum Gasteiger partial charge on any atom is 0.190 e. The van der Waals surface area contributed by atoms with Crippen molar-refractivity contribution in [3.8, 4) is 0 Å². The van der Waals surface area contributed by atoms with E-state index >= 15 is 0 Å². The standard InChI is InChI=1S/C15H14N4S2/c1-20-14-8-13(16)18-15(19-14)21-9-10-4-5-11-3-2-6-17-12(11)7-10/h2-8H,9H2,1H3,(H2,16,18,19). The van der Waals surface area contributed by atoms with Crippen molar-refractivity contribution in [2.24, 2.45) is 0 Å². The molecule has 0 radical (unpaired) electrons. The zero-order valence-corrected chi connectivity index (χ0v) is 13.1. The van der Waals surface area contributed by atoms with Crippen LogP contribution in [-0.2, 0) is 5.75 Å². The van der Waals surface area contributed by atoms with Crippen molar-refractivity contribution in [2.45, 2.75) is 15.9 Å². The van der Waals surface area contributed by atoms with Crippen LogP contribution in [0, 0.1) is 0 Å². The highest BCUT2D eigenvalue weighted by molar-refractivity contribution is 7.99. The molecule has 0 spiro atoms. The van der Waals surface area contributed by atoms with E-state index in [1.165, 1.54) is 5.56 Å². The van der Waals surface area contributed by atoms with Crippen molar-refractivity contribution in [1.29, 1.82) is 0 Å². The average Bonchev–Trinajstić information content (AvgIpc) is 2.52. The second-order valence-corrected chi connectivity index (χ2v) is 6.21. The van der Waals surface area contributed by atoms with Gasteiger partial charge >= 0.3 is 0 Å². The molecule has 0 atom stereocenters. The molecular formula is C15H14N4S2. The van der Waals surface area contributed by atoms with Gasteiger partial charge in [-0.3, -0.25) is 4.98 Å². The number of nitrogens with zero attached hydrogens (tertiary/aromatic N) is 3. The van der Waals surface area contributed by atoms with Crippen LogP contribution in [0.15, 0.2) is 52.8 Å². The number of pyridine rings is 1. The first-order valence-corrected chi connectivity index (χ1v) is 8.60. The summed E-state index contributed by atoms with van der Waals surface area (Å²) in [5.74, 6) is 1.31. The van der Waals surface area contributed by atoms with Gasteiger partial charge in [0.15, 0.2) is 5.16 Å². The number of thioether (sulfide) groups is 2. The second-order valence-electron chi connectivity index (χ2n) is 4.44. The van der Waals surface area contributed by atoms with E-state index in [9.17, 15) is 0 Å². The van der Waals surface area contributed by atoms with Gasteiger partial charge in [-0.15, -0.1) is 11.8 Å². The molecule has 4 nitrogen and oxygen atoms in total. The molecule has 0 bridgehead atoms. The minimum atomic E-state index is 0.511. The number of aromatic nitrogens is 3. The molecule has 6 heteroatoms. The monoisotopic (exact) mass is 314 g/mol. The molecule has 0 aliphatic carbocycles. The Balaban J connectivity index is 1.78. The van der Waals surface area contributed by atoms with E-state index in [2.05, 4.69) is 39.2 Å². The Hall–Kier alpha value is -1.79. The largest absolute Gasteiger partial charge is 0.384 e. The van der Waals surface area contributed by atoms with Gasteiger partial charge in [-0.25, -0.2) is 9.97 Å². The molecule has 0 fully saturated rings. The SMILES string of the molecule is CSc1cc(N)nc(SCc2ccc3cccnc3c2)n1. The van der Waals surface area contributed by atoms with Crippen LogP contribution in [0.5, 0.6) is 0 Å². The highest BCUT2D eigenvalue weighted by Crippen LogP contribution is 2.24. The second kappa shape index (κ2) is 6.32. The number of fused-ring (bicyclic) bond motifs is 1. The van der Waals surface area contributed by atoms with Gasteiger partial charge in [0, 0.05) is 23.4 Å². The molecule has 21 heavy (non-hydrogen) atoms. The summed E-state index contributed by atoms with van der Waals surface area (Å²) in [6.45, 7) is 0. The molecule has 3 aromatic rings. The first-order chi connectivity index (χ1) is 10.2. The fraction of sp³-hybridized carbons (Fsp3) is 0.133. The first-order valence-electron chi connectivity index (χ1n) is 6.39. The van der Waals surface area contributed by atoms with Crippen molar-refractivity contribution in [1.82, 2.24) is 15.0 Å². The highest BCUT2D eigenvalue weighted by Gasteiger charge is 2.04. The van der Waals surface area contributed by atoms with Crippen LogP contribution in [0.1, 0.15) is 5.56 Å². The van der Waals surface area contributed by atoms with Crippen LogP contribution in [0.3, 0.4) is 0 Å². The van der Waals surface area contributed by atoms with Crippen molar-refractivity contribution in [3.05, 3.63) is 48.2 Å². The molecule has 0 saturated carbocycles. The van der Waals surface area contributed by atoms with Gasteiger partial charge in [0.2, 0.25) is 0 Å². The lowest BCUT2D eigenvalue weighted by molar-refractivity contribution is 0.900. The normalized spacial score (nSPS) is 10.9. The molecule has 2 aromatic heterocycles. The molecule has 2 N–H and O–H groups in total. The van der Waals surface area contributed by atoms with Crippen LogP contribution in [0.4, 0.5) is 5.82 Å². The van der Waals surface area contributed by atoms with Crippen molar-refractivity contribution in [2.75, 3.05) is 12.0 Å². The molecule has 0 aliphatic heterocycles. The van der Waals surface area contributed by atoms with E-state index in [1.54, 1.807) is 29.6 Å². The molecular weight excluding hydrogens is 300 g/mol. The van der Waals surface area contributed by atoms with Crippen molar-refractivity contribution < 1.29 is 0 Å². The van der Waals surface area contributed by atoms with Gasteiger partial charge in [-0.1, -0.05) is 30.0 Å². The number of nitrogens with two attached hydrogens (primary N) is 1. The zero-order chi connectivity index (χ0) is 14.7.